The van der Waals surface area contributed by atoms with Crippen LogP contribution in [-0.2, 0) is 0 Å². The quantitative estimate of drug-likeness (QED) is 0.749. The van der Waals surface area contributed by atoms with Gasteiger partial charge in [-0.25, -0.2) is 0 Å². The van der Waals surface area contributed by atoms with Gasteiger partial charge < -0.3 is 9.64 Å². The number of anilines is 1. The Kier molecular flexibility index (Phi) is 2.28. The lowest BCUT2D eigenvalue weighted by Crippen LogP contribution is -2.67. The standard InChI is InChI=1S/C13H18N2O/c1-14-10-7-11(14)9-15(8-10)12-5-3-4-6-13(12)16-2/h3-6,10-11H,7-9H2,1-2H3. The van der Waals surface area contributed by atoms with Crippen LogP contribution < -0.4 is 9.64 Å². The molecule has 2 bridgehead atoms. The molecule has 2 unspecified atom stereocenters. The van der Waals surface area contributed by atoms with Gasteiger partial charge in [0, 0.05) is 25.2 Å². The van der Waals surface area contributed by atoms with Gasteiger partial charge in [0.1, 0.15) is 5.75 Å². The van der Waals surface area contributed by atoms with Crippen LogP contribution in [0.15, 0.2) is 24.3 Å². The molecule has 0 amide bonds. The van der Waals surface area contributed by atoms with E-state index in [4.69, 9.17) is 4.74 Å². The lowest BCUT2D eigenvalue weighted by molar-refractivity contribution is 0.0262. The minimum Gasteiger partial charge on any atom is -0.495 e. The number of piperidine rings is 1. The van der Waals surface area contributed by atoms with Crippen molar-refractivity contribution in [3.8, 4) is 5.75 Å². The molecular formula is C13H18N2O. The molecule has 3 aliphatic heterocycles. The van der Waals surface area contributed by atoms with E-state index in [1.165, 1.54) is 12.1 Å². The number of hydrogen-bond donors (Lipinski definition) is 0. The molecule has 0 saturated carbocycles. The molecule has 3 nitrogen and oxygen atoms in total. The van der Waals surface area contributed by atoms with Crippen LogP contribution in [0.1, 0.15) is 6.42 Å². The summed E-state index contributed by atoms with van der Waals surface area (Å²) >= 11 is 0. The van der Waals surface area contributed by atoms with E-state index in [9.17, 15) is 0 Å². The minimum atomic E-state index is 0.740. The van der Waals surface area contributed by atoms with Gasteiger partial charge in [0.15, 0.2) is 0 Å². The molecule has 0 N–H and O–H groups in total. The molecule has 3 heteroatoms. The number of nitrogens with zero attached hydrogens (tertiary/aromatic N) is 2. The van der Waals surface area contributed by atoms with Crippen molar-refractivity contribution >= 4 is 5.69 Å². The summed E-state index contributed by atoms with van der Waals surface area (Å²) in [6.45, 7) is 2.26. The molecule has 0 aromatic heterocycles. The molecule has 1 aromatic rings. The largest absolute Gasteiger partial charge is 0.495 e. The van der Waals surface area contributed by atoms with Gasteiger partial charge in [-0.2, -0.15) is 0 Å². The number of methoxy groups -OCH3 is 1. The first-order chi connectivity index (χ1) is 7.79. The number of piperazine rings is 1. The summed E-state index contributed by atoms with van der Waals surface area (Å²) in [5.74, 6) is 0.992. The fourth-order valence-corrected chi connectivity index (χ4v) is 2.88. The van der Waals surface area contributed by atoms with Crippen molar-refractivity contribution in [2.75, 3.05) is 32.1 Å². The van der Waals surface area contributed by atoms with Gasteiger partial charge >= 0.3 is 0 Å². The summed E-state index contributed by atoms with van der Waals surface area (Å²) < 4.78 is 5.42. The summed E-state index contributed by atoms with van der Waals surface area (Å²) in [5, 5.41) is 0. The Labute approximate surface area is 96.6 Å². The summed E-state index contributed by atoms with van der Waals surface area (Å²) in [4.78, 5) is 4.95. The highest BCUT2D eigenvalue weighted by Gasteiger charge is 2.42. The Morgan fingerprint density at radius 2 is 1.88 bits per heavy atom. The minimum absolute atomic E-state index is 0.740. The second-order valence-corrected chi connectivity index (χ2v) is 4.79. The summed E-state index contributed by atoms with van der Waals surface area (Å²) in [6, 6.07) is 9.79. The number of hydrogen-bond acceptors (Lipinski definition) is 3. The monoisotopic (exact) mass is 218 g/mol. The first-order valence-corrected chi connectivity index (χ1v) is 5.89. The first-order valence-electron chi connectivity index (χ1n) is 5.89. The second-order valence-electron chi connectivity index (χ2n) is 4.79. The predicted molar refractivity (Wildman–Crippen MR) is 65.2 cm³/mol. The lowest BCUT2D eigenvalue weighted by atomic mass is 9.88. The first kappa shape index (κ1) is 9.97. The molecule has 16 heavy (non-hydrogen) atoms. The summed E-state index contributed by atoms with van der Waals surface area (Å²) in [6.07, 6.45) is 1.36. The van der Waals surface area contributed by atoms with Gasteiger partial charge in [-0.3, -0.25) is 4.90 Å². The van der Waals surface area contributed by atoms with Crippen molar-refractivity contribution in [2.45, 2.75) is 18.5 Å². The molecule has 0 spiro atoms. The van der Waals surface area contributed by atoms with Crippen molar-refractivity contribution in [3.63, 3.8) is 0 Å². The average Bonchev–Trinajstić information content (AvgIpc) is 2.38. The molecule has 3 fully saturated rings. The maximum atomic E-state index is 5.42. The molecular weight excluding hydrogens is 200 g/mol. The Balaban J connectivity index is 1.83. The number of benzene rings is 1. The Morgan fingerprint density at radius 3 is 2.50 bits per heavy atom. The third-order valence-corrected chi connectivity index (χ3v) is 3.98. The van der Waals surface area contributed by atoms with Crippen LogP contribution >= 0.6 is 0 Å². The maximum absolute atomic E-state index is 5.42. The van der Waals surface area contributed by atoms with E-state index in [1.54, 1.807) is 7.11 Å². The van der Waals surface area contributed by atoms with E-state index in [0.717, 1.165) is 30.9 Å². The molecule has 3 saturated heterocycles. The second kappa shape index (κ2) is 3.67. The van der Waals surface area contributed by atoms with Crippen LogP contribution in [0.4, 0.5) is 5.69 Å². The summed E-state index contributed by atoms with van der Waals surface area (Å²) in [5.41, 5.74) is 1.24. The Bertz CT molecular complexity index is 381. The van der Waals surface area contributed by atoms with Gasteiger partial charge in [0.05, 0.1) is 12.8 Å². The van der Waals surface area contributed by atoms with Crippen molar-refractivity contribution in [1.82, 2.24) is 4.90 Å². The molecule has 0 aliphatic carbocycles. The van der Waals surface area contributed by atoms with Gasteiger partial charge in [-0.05, 0) is 25.6 Å². The van der Waals surface area contributed by atoms with E-state index in [0.29, 0.717) is 0 Å². The van der Waals surface area contributed by atoms with Crippen molar-refractivity contribution < 1.29 is 4.74 Å². The van der Waals surface area contributed by atoms with Gasteiger partial charge in [-0.1, -0.05) is 12.1 Å². The number of ether oxygens (including phenoxy) is 1. The molecule has 86 valence electrons. The van der Waals surface area contributed by atoms with Crippen LogP contribution in [0.2, 0.25) is 0 Å². The third kappa shape index (κ3) is 1.39. The van der Waals surface area contributed by atoms with Crippen LogP contribution in [0.3, 0.4) is 0 Å². The molecule has 2 atom stereocenters. The van der Waals surface area contributed by atoms with Crippen molar-refractivity contribution in [1.29, 1.82) is 0 Å². The molecule has 3 aliphatic rings. The van der Waals surface area contributed by atoms with Gasteiger partial charge in [-0.15, -0.1) is 0 Å². The van der Waals surface area contributed by atoms with Gasteiger partial charge in [0.2, 0.25) is 0 Å². The van der Waals surface area contributed by atoms with E-state index < -0.39 is 0 Å². The van der Waals surface area contributed by atoms with E-state index in [-0.39, 0.29) is 0 Å². The predicted octanol–water partition coefficient (Wildman–Crippen LogP) is 1.59. The number of fused-ring (bicyclic) bond motifs is 2. The lowest BCUT2D eigenvalue weighted by Gasteiger charge is -2.55. The zero-order valence-corrected chi connectivity index (χ0v) is 9.89. The molecule has 4 rings (SSSR count). The SMILES string of the molecule is COc1ccccc1N1CC2CC(C1)N2C. The Morgan fingerprint density at radius 1 is 1.19 bits per heavy atom. The van der Waals surface area contributed by atoms with Crippen molar-refractivity contribution in [3.05, 3.63) is 24.3 Å². The molecule has 3 heterocycles. The highest BCUT2D eigenvalue weighted by atomic mass is 16.5. The van der Waals surface area contributed by atoms with E-state index >= 15 is 0 Å². The number of para-hydroxylation sites is 2. The highest BCUT2D eigenvalue weighted by molar-refractivity contribution is 5.59. The fraction of sp³-hybridized carbons (Fsp3) is 0.538. The van der Waals surface area contributed by atoms with Crippen LogP contribution in [0.5, 0.6) is 5.75 Å². The van der Waals surface area contributed by atoms with Crippen molar-refractivity contribution in [2.24, 2.45) is 0 Å². The van der Waals surface area contributed by atoms with Crippen LogP contribution in [0.25, 0.3) is 0 Å². The van der Waals surface area contributed by atoms with E-state index in [2.05, 4.69) is 29.0 Å². The fourth-order valence-electron chi connectivity index (χ4n) is 2.88. The maximum Gasteiger partial charge on any atom is 0.142 e. The van der Waals surface area contributed by atoms with E-state index in [1.807, 2.05) is 12.1 Å². The number of likely N-dealkylation sites (N-methyl/N-ethyl adjacent to an activating group) is 1. The molecule has 0 radical (unpaired) electrons. The zero-order valence-electron chi connectivity index (χ0n) is 9.89. The smallest absolute Gasteiger partial charge is 0.142 e. The molecule has 1 aromatic carbocycles. The third-order valence-electron chi connectivity index (χ3n) is 3.98. The summed E-state index contributed by atoms with van der Waals surface area (Å²) in [7, 11) is 3.98. The van der Waals surface area contributed by atoms with Crippen LogP contribution in [0, 0.1) is 0 Å². The average molecular weight is 218 g/mol. The zero-order chi connectivity index (χ0) is 11.1. The Hall–Kier alpha value is -1.22. The normalized spacial score (nSPS) is 28.8. The topological polar surface area (TPSA) is 15.7 Å². The van der Waals surface area contributed by atoms with Gasteiger partial charge in [0.25, 0.3) is 0 Å². The highest BCUT2D eigenvalue weighted by Crippen LogP contribution is 2.36. The van der Waals surface area contributed by atoms with Crippen LogP contribution in [-0.4, -0.2) is 44.2 Å². The number of rotatable bonds is 2.